The maximum Gasteiger partial charge on any atom is 0.235 e. The highest BCUT2D eigenvalue weighted by atomic mass is 16.1. The van der Waals surface area contributed by atoms with Gasteiger partial charge in [0.1, 0.15) is 5.82 Å². The smallest absolute Gasteiger partial charge is 0.235 e. The minimum absolute atomic E-state index is 0.155. The summed E-state index contributed by atoms with van der Waals surface area (Å²) in [5.41, 5.74) is 0.950. The minimum Gasteiger partial charge on any atom is -0.357 e. The third-order valence-corrected chi connectivity index (χ3v) is 2.93. The number of anilines is 1. The van der Waals surface area contributed by atoms with Gasteiger partial charge in [-0.05, 0) is 31.4 Å². The topological polar surface area (TPSA) is 45.6 Å². The normalized spacial score (nSPS) is 16.9. The predicted molar refractivity (Wildman–Crippen MR) is 62.2 cm³/mol. The van der Waals surface area contributed by atoms with Gasteiger partial charge in [0.25, 0.3) is 0 Å². The van der Waals surface area contributed by atoms with Gasteiger partial charge in [0.15, 0.2) is 0 Å². The van der Waals surface area contributed by atoms with Crippen molar-refractivity contribution in [1.29, 1.82) is 0 Å². The fraction of sp³-hybridized carbons (Fsp3) is 0.500. The van der Waals surface area contributed by atoms with Crippen molar-refractivity contribution >= 4 is 11.9 Å². The highest BCUT2D eigenvalue weighted by Crippen LogP contribution is 2.20. The average molecular weight is 217 g/mol. The van der Waals surface area contributed by atoms with E-state index in [0.717, 1.165) is 24.5 Å². The number of carbonyl (C=O) groups excluding carboxylic acids is 1. The molecule has 1 aliphatic rings. The summed E-state index contributed by atoms with van der Waals surface area (Å²) in [5, 5.41) is 0. The van der Waals surface area contributed by atoms with Gasteiger partial charge in [-0.1, -0.05) is 6.07 Å². The molecule has 0 amide bonds. The summed E-state index contributed by atoms with van der Waals surface area (Å²) in [6, 6.07) is 3.82. The van der Waals surface area contributed by atoms with Crippen molar-refractivity contribution in [3.63, 3.8) is 0 Å². The lowest BCUT2D eigenvalue weighted by Gasteiger charge is -2.16. The van der Waals surface area contributed by atoms with Crippen molar-refractivity contribution < 1.29 is 4.79 Å². The predicted octanol–water partition coefficient (Wildman–Crippen LogP) is 2.08. The number of rotatable bonds is 3. The van der Waals surface area contributed by atoms with Gasteiger partial charge in [0.05, 0.1) is 6.04 Å². The second kappa shape index (κ2) is 4.90. The second-order valence-electron chi connectivity index (χ2n) is 4.04. The standard InChI is InChI=1S/C12H15N3O/c1-10(14-9-16)11-4-5-12(13-8-11)15-6-2-3-7-15/h4-5,8,10H,2-3,6-7H2,1H3. The molecule has 16 heavy (non-hydrogen) atoms. The van der Waals surface area contributed by atoms with E-state index in [1.165, 1.54) is 12.8 Å². The van der Waals surface area contributed by atoms with E-state index in [0.29, 0.717) is 0 Å². The van der Waals surface area contributed by atoms with Gasteiger partial charge in [-0.25, -0.2) is 9.78 Å². The fourth-order valence-corrected chi connectivity index (χ4v) is 1.93. The van der Waals surface area contributed by atoms with Crippen LogP contribution in [0.1, 0.15) is 31.4 Å². The Morgan fingerprint density at radius 3 is 2.75 bits per heavy atom. The molecule has 1 aliphatic heterocycles. The quantitative estimate of drug-likeness (QED) is 0.575. The van der Waals surface area contributed by atoms with Crippen LogP contribution in [0, 0.1) is 0 Å². The molecule has 4 nitrogen and oxygen atoms in total. The molecule has 1 saturated heterocycles. The molecule has 1 aromatic rings. The molecule has 1 aromatic heterocycles. The van der Waals surface area contributed by atoms with Gasteiger partial charge in [0.2, 0.25) is 6.08 Å². The van der Waals surface area contributed by atoms with E-state index in [9.17, 15) is 4.79 Å². The Hall–Kier alpha value is -1.67. The third-order valence-electron chi connectivity index (χ3n) is 2.93. The lowest BCUT2D eigenvalue weighted by atomic mass is 10.1. The van der Waals surface area contributed by atoms with E-state index in [-0.39, 0.29) is 6.04 Å². The first-order valence-electron chi connectivity index (χ1n) is 5.59. The summed E-state index contributed by atoms with van der Waals surface area (Å²) in [4.78, 5) is 20.5. The summed E-state index contributed by atoms with van der Waals surface area (Å²) < 4.78 is 0. The van der Waals surface area contributed by atoms with Crippen molar-refractivity contribution in [2.45, 2.75) is 25.8 Å². The number of aliphatic imine (C=N–C) groups is 1. The summed E-state index contributed by atoms with van der Waals surface area (Å²) in [6.07, 6.45) is 5.85. The monoisotopic (exact) mass is 217 g/mol. The highest BCUT2D eigenvalue weighted by Gasteiger charge is 2.13. The fourth-order valence-electron chi connectivity index (χ4n) is 1.93. The number of pyridine rings is 1. The Morgan fingerprint density at radius 1 is 1.44 bits per heavy atom. The molecule has 0 bridgehead atoms. The molecule has 84 valence electrons. The minimum atomic E-state index is -0.155. The van der Waals surface area contributed by atoms with Crippen LogP contribution < -0.4 is 4.90 Å². The van der Waals surface area contributed by atoms with E-state index in [2.05, 4.69) is 14.9 Å². The van der Waals surface area contributed by atoms with Crippen LogP contribution in [0.2, 0.25) is 0 Å². The molecule has 0 radical (unpaired) electrons. The van der Waals surface area contributed by atoms with Gasteiger partial charge in [-0.15, -0.1) is 0 Å². The molecule has 0 spiro atoms. The van der Waals surface area contributed by atoms with Crippen molar-refractivity contribution in [3.05, 3.63) is 23.9 Å². The van der Waals surface area contributed by atoms with Crippen LogP contribution in [0.3, 0.4) is 0 Å². The van der Waals surface area contributed by atoms with E-state index in [1.807, 2.05) is 19.1 Å². The summed E-state index contributed by atoms with van der Waals surface area (Å²) >= 11 is 0. The van der Waals surface area contributed by atoms with Crippen LogP contribution in [-0.2, 0) is 4.79 Å². The Balaban J connectivity index is 2.12. The van der Waals surface area contributed by atoms with E-state index in [4.69, 9.17) is 0 Å². The van der Waals surface area contributed by atoms with Crippen LogP contribution in [0.5, 0.6) is 0 Å². The average Bonchev–Trinajstić information content (AvgIpc) is 2.83. The van der Waals surface area contributed by atoms with Crippen molar-refractivity contribution in [3.8, 4) is 0 Å². The maximum atomic E-state index is 10.1. The SMILES string of the molecule is CC(N=C=O)c1ccc(N2CCCC2)nc1. The Labute approximate surface area is 95.0 Å². The maximum absolute atomic E-state index is 10.1. The first-order chi connectivity index (χ1) is 7.81. The molecule has 0 N–H and O–H groups in total. The second-order valence-corrected chi connectivity index (χ2v) is 4.04. The molecule has 1 fully saturated rings. The zero-order valence-corrected chi connectivity index (χ0v) is 9.39. The van der Waals surface area contributed by atoms with Crippen molar-refractivity contribution in [1.82, 2.24) is 4.98 Å². The van der Waals surface area contributed by atoms with Gasteiger partial charge < -0.3 is 4.90 Å². The first-order valence-corrected chi connectivity index (χ1v) is 5.59. The molecule has 0 aromatic carbocycles. The van der Waals surface area contributed by atoms with E-state index in [1.54, 1.807) is 12.3 Å². The Morgan fingerprint density at radius 2 is 2.19 bits per heavy atom. The molecular formula is C12H15N3O. The highest BCUT2D eigenvalue weighted by molar-refractivity contribution is 5.41. The van der Waals surface area contributed by atoms with Crippen LogP contribution in [0.4, 0.5) is 5.82 Å². The first kappa shape index (κ1) is 10.8. The van der Waals surface area contributed by atoms with Crippen LogP contribution in [0.25, 0.3) is 0 Å². The molecule has 1 atom stereocenters. The summed E-state index contributed by atoms with van der Waals surface area (Å²) in [6.45, 7) is 4.04. The van der Waals surface area contributed by atoms with Gasteiger partial charge in [0, 0.05) is 19.3 Å². The van der Waals surface area contributed by atoms with E-state index < -0.39 is 0 Å². The van der Waals surface area contributed by atoms with Crippen LogP contribution in [0.15, 0.2) is 23.3 Å². The molecular weight excluding hydrogens is 202 g/mol. The summed E-state index contributed by atoms with van der Waals surface area (Å²) in [7, 11) is 0. The Kier molecular flexibility index (Phi) is 3.32. The zero-order valence-electron chi connectivity index (χ0n) is 9.39. The summed E-state index contributed by atoms with van der Waals surface area (Å²) in [5.74, 6) is 1.02. The lowest BCUT2D eigenvalue weighted by Crippen LogP contribution is -2.18. The molecule has 1 unspecified atom stereocenters. The Bertz CT molecular complexity index is 389. The number of hydrogen-bond acceptors (Lipinski definition) is 4. The molecule has 0 aliphatic carbocycles. The largest absolute Gasteiger partial charge is 0.357 e. The van der Waals surface area contributed by atoms with Gasteiger partial charge in [-0.3, -0.25) is 0 Å². The number of nitrogens with zero attached hydrogens (tertiary/aromatic N) is 3. The van der Waals surface area contributed by atoms with Crippen LogP contribution in [-0.4, -0.2) is 24.2 Å². The van der Waals surface area contributed by atoms with Crippen LogP contribution >= 0.6 is 0 Å². The number of hydrogen-bond donors (Lipinski definition) is 0. The lowest BCUT2D eigenvalue weighted by molar-refractivity contribution is 0.559. The molecule has 2 rings (SSSR count). The van der Waals surface area contributed by atoms with Crippen molar-refractivity contribution in [2.24, 2.45) is 4.99 Å². The van der Waals surface area contributed by atoms with Gasteiger partial charge in [-0.2, -0.15) is 4.99 Å². The number of aromatic nitrogens is 1. The van der Waals surface area contributed by atoms with Crippen molar-refractivity contribution in [2.75, 3.05) is 18.0 Å². The van der Waals surface area contributed by atoms with E-state index >= 15 is 0 Å². The molecule has 0 saturated carbocycles. The third kappa shape index (κ3) is 2.28. The molecule has 2 heterocycles. The number of isocyanates is 1. The zero-order chi connectivity index (χ0) is 11.4. The molecule has 4 heteroatoms. The van der Waals surface area contributed by atoms with Gasteiger partial charge >= 0.3 is 0 Å².